The van der Waals surface area contributed by atoms with Crippen LogP contribution in [0.4, 0.5) is 5.69 Å². The molecular weight excluding hydrogens is 370 g/mol. The summed E-state index contributed by atoms with van der Waals surface area (Å²) in [4.78, 5) is 16.9. The zero-order valence-corrected chi connectivity index (χ0v) is 15.3. The lowest BCUT2D eigenvalue weighted by molar-refractivity contribution is 0.101. The number of carbonyl (C=O) groups is 1. The van der Waals surface area contributed by atoms with Gasteiger partial charge in [-0.15, -0.1) is 0 Å². The van der Waals surface area contributed by atoms with Gasteiger partial charge in [0.2, 0.25) is 0 Å². The minimum absolute atomic E-state index is 0.155. The first-order chi connectivity index (χ1) is 11.4. The van der Waals surface area contributed by atoms with E-state index in [1.165, 1.54) is 0 Å². The third kappa shape index (κ3) is 3.41. The number of nitrogens with one attached hydrogen (secondary N) is 2. The molecule has 0 saturated carbocycles. The van der Waals surface area contributed by atoms with Crippen LogP contribution in [-0.4, -0.2) is 25.7 Å². The number of rotatable bonds is 4. The van der Waals surface area contributed by atoms with Crippen LogP contribution in [0.5, 0.6) is 0 Å². The molecule has 0 aliphatic carbocycles. The lowest BCUT2D eigenvalue weighted by Crippen LogP contribution is -2.17. The molecule has 3 rings (SSSR count). The Kier molecular flexibility index (Phi) is 4.53. The van der Waals surface area contributed by atoms with Gasteiger partial charge in [0.25, 0.3) is 5.91 Å². The number of amides is 1. The molecule has 0 spiro atoms. The Morgan fingerprint density at radius 2 is 2.12 bits per heavy atom. The largest absolute Gasteiger partial charge is 0.340 e. The van der Waals surface area contributed by atoms with Crippen LogP contribution < -0.4 is 5.32 Å². The van der Waals surface area contributed by atoms with Crippen molar-refractivity contribution >= 4 is 27.5 Å². The number of hydrogen-bond acceptors (Lipinski definition) is 3. The second-order valence-corrected chi connectivity index (χ2v) is 6.74. The molecule has 7 heteroatoms. The summed E-state index contributed by atoms with van der Waals surface area (Å²) in [6.07, 6.45) is 1.91. The van der Waals surface area contributed by atoms with Gasteiger partial charge in [-0.05, 0) is 54.9 Å². The zero-order chi connectivity index (χ0) is 17.3. The molecule has 0 aliphatic heterocycles. The molecule has 0 aliphatic rings. The van der Waals surface area contributed by atoms with E-state index in [0.29, 0.717) is 17.2 Å². The average molecular weight is 388 g/mol. The van der Waals surface area contributed by atoms with Gasteiger partial charge >= 0.3 is 0 Å². The van der Waals surface area contributed by atoms with Crippen molar-refractivity contribution in [3.8, 4) is 11.4 Å². The average Bonchev–Trinajstić information content (AvgIpc) is 3.13. The molecule has 0 bridgehead atoms. The SMILES string of the molecule is Cc1nc(-c2cccc(NC(=O)c3cc(Br)cn3C(C)C)c2)n[nH]1. The van der Waals surface area contributed by atoms with E-state index >= 15 is 0 Å². The maximum Gasteiger partial charge on any atom is 0.272 e. The molecule has 3 aromatic rings. The Labute approximate surface area is 148 Å². The van der Waals surface area contributed by atoms with Gasteiger partial charge in [-0.1, -0.05) is 12.1 Å². The number of hydrogen-bond donors (Lipinski definition) is 2. The van der Waals surface area contributed by atoms with Crippen LogP contribution in [0, 0.1) is 6.92 Å². The number of nitrogens with zero attached hydrogens (tertiary/aromatic N) is 3. The van der Waals surface area contributed by atoms with Crippen LogP contribution >= 0.6 is 15.9 Å². The van der Waals surface area contributed by atoms with Crippen molar-refractivity contribution in [3.05, 3.63) is 52.5 Å². The standard InChI is InChI=1S/C17H18BrN5O/c1-10(2)23-9-13(18)8-15(23)17(24)20-14-6-4-5-12(7-14)16-19-11(3)21-22-16/h4-10H,1-3H3,(H,20,24)(H,19,21,22). The quantitative estimate of drug-likeness (QED) is 0.704. The van der Waals surface area contributed by atoms with Gasteiger partial charge in [-0.3, -0.25) is 9.89 Å². The Morgan fingerprint density at radius 1 is 1.33 bits per heavy atom. The molecule has 0 atom stereocenters. The van der Waals surface area contributed by atoms with Crippen molar-refractivity contribution in [2.24, 2.45) is 0 Å². The van der Waals surface area contributed by atoms with Crippen molar-refractivity contribution in [1.82, 2.24) is 19.7 Å². The molecule has 2 heterocycles. The zero-order valence-electron chi connectivity index (χ0n) is 13.7. The summed E-state index contributed by atoms with van der Waals surface area (Å²) < 4.78 is 2.81. The first-order valence-corrected chi connectivity index (χ1v) is 8.41. The lowest BCUT2D eigenvalue weighted by Gasteiger charge is -2.13. The predicted octanol–water partition coefficient (Wildman–Crippen LogP) is 4.18. The number of aromatic amines is 1. The van der Waals surface area contributed by atoms with Crippen LogP contribution in [0.2, 0.25) is 0 Å². The van der Waals surface area contributed by atoms with Gasteiger partial charge in [0, 0.05) is 28.0 Å². The topological polar surface area (TPSA) is 75.6 Å². The number of anilines is 1. The van der Waals surface area contributed by atoms with E-state index in [9.17, 15) is 4.79 Å². The molecule has 1 amide bonds. The number of halogens is 1. The van der Waals surface area contributed by atoms with Crippen LogP contribution in [0.15, 0.2) is 41.0 Å². The number of aromatic nitrogens is 4. The van der Waals surface area contributed by atoms with Crippen molar-refractivity contribution in [1.29, 1.82) is 0 Å². The molecule has 1 aromatic carbocycles. The molecule has 0 fully saturated rings. The molecule has 2 aromatic heterocycles. The molecule has 0 unspecified atom stereocenters. The second-order valence-electron chi connectivity index (χ2n) is 5.82. The minimum Gasteiger partial charge on any atom is -0.340 e. The Hall–Kier alpha value is -2.41. The summed E-state index contributed by atoms with van der Waals surface area (Å²) in [5.74, 6) is 1.20. The summed E-state index contributed by atoms with van der Waals surface area (Å²) in [5.41, 5.74) is 2.15. The second kappa shape index (κ2) is 6.60. The lowest BCUT2D eigenvalue weighted by atomic mass is 10.2. The predicted molar refractivity (Wildman–Crippen MR) is 97.0 cm³/mol. The van der Waals surface area contributed by atoms with Gasteiger partial charge in [0.05, 0.1) is 0 Å². The van der Waals surface area contributed by atoms with E-state index in [1.807, 2.05) is 61.9 Å². The smallest absolute Gasteiger partial charge is 0.272 e. The Morgan fingerprint density at radius 3 is 2.79 bits per heavy atom. The highest BCUT2D eigenvalue weighted by Crippen LogP contribution is 2.22. The van der Waals surface area contributed by atoms with Gasteiger partial charge in [-0.25, -0.2) is 4.98 Å². The monoisotopic (exact) mass is 387 g/mol. The van der Waals surface area contributed by atoms with Gasteiger partial charge < -0.3 is 9.88 Å². The van der Waals surface area contributed by atoms with Crippen molar-refractivity contribution < 1.29 is 4.79 Å². The summed E-state index contributed by atoms with van der Waals surface area (Å²) in [5, 5.41) is 9.90. The van der Waals surface area contributed by atoms with E-state index < -0.39 is 0 Å². The fraction of sp³-hybridized carbons (Fsp3) is 0.235. The third-order valence-electron chi connectivity index (χ3n) is 3.58. The van der Waals surface area contributed by atoms with Gasteiger partial charge in [-0.2, -0.15) is 5.10 Å². The number of aryl methyl sites for hydroxylation is 1. The first-order valence-electron chi connectivity index (χ1n) is 7.62. The van der Waals surface area contributed by atoms with Crippen LogP contribution in [0.3, 0.4) is 0 Å². The Bertz CT molecular complexity index is 881. The summed E-state index contributed by atoms with van der Waals surface area (Å²) in [6, 6.07) is 9.49. The Balaban J connectivity index is 1.85. The highest BCUT2D eigenvalue weighted by Gasteiger charge is 2.15. The molecule has 0 saturated heterocycles. The highest BCUT2D eigenvalue weighted by molar-refractivity contribution is 9.10. The number of carbonyl (C=O) groups excluding carboxylic acids is 1. The number of benzene rings is 1. The molecule has 124 valence electrons. The van der Waals surface area contributed by atoms with Gasteiger partial charge in [0.1, 0.15) is 11.5 Å². The van der Waals surface area contributed by atoms with Crippen LogP contribution in [-0.2, 0) is 0 Å². The van der Waals surface area contributed by atoms with Crippen molar-refractivity contribution in [3.63, 3.8) is 0 Å². The maximum atomic E-state index is 12.6. The highest BCUT2D eigenvalue weighted by atomic mass is 79.9. The maximum absolute atomic E-state index is 12.6. The van der Waals surface area contributed by atoms with Gasteiger partial charge in [0.15, 0.2) is 5.82 Å². The molecule has 24 heavy (non-hydrogen) atoms. The third-order valence-corrected chi connectivity index (χ3v) is 4.01. The number of H-pyrrole nitrogens is 1. The fourth-order valence-corrected chi connectivity index (χ4v) is 2.90. The molecule has 0 radical (unpaired) electrons. The fourth-order valence-electron chi connectivity index (χ4n) is 2.46. The van der Waals surface area contributed by atoms with E-state index in [1.54, 1.807) is 0 Å². The first kappa shape index (κ1) is 16.4. The summed E-state index contributed by atoms with van der Waals surface area (Å²) >= 11 is 3.43. The van der Waals surface area contributed by atoms with Crippen molar-refractivity contribution in [2.75, 3.05) is 5.32 Å². The van der Waals surface area contributed by atoms with E-state index in [-0.39, 0.29) is 11.9 Å². The van der Waals surface area contributed by atoms with E-state index in [4.69, 9.17) is 0 Å². The molecular formula is C17H18BrN5O. The molecule has 6 nitrogen and oxygen atoms in total. The summed E-state index contributed by atoms with van der Waals surface area (Å²) in [6.45, 7) is 5.92. The van der Waals surface area contributed by atoms with Crippen molar-refractivity contribution in [2.45, 2.75) is 26.8 Å². The van der Waals surface area contributed by atoms with E-state index in [0.717, 1.165) is 15.9 Å². The minimum atomic E-state index is -0.155. The van der Waals surface area contributed by atoms with E-state index in [2.05, 4.69) is 36.4 Å². The molecule has 2 N–H and O–H groups in total. The van der Waals surface area contributed by atoms with Crippen LogP contribution in [0.25, 0.3) is 11.4 Å². The van der Waals surface area contributed by atoms with Crippen LogP contribution in [0.1, 0.15) is 36.2 Å². The normalized spacial score (nSPS) is 11.0. The summed E-state index contributed by atoms with van der Waals surface area (Å²) in [7, 11) is 0.